The SMILES string of the molecule is CC(c1nc(-c2ccc(C#N)cc2)cs1)[C@@](Cn1cncn1)(OCOP(=O)(O)O)c1ccc(F)cc1F. The molecule has 0 saturated carbocycles. The van der Waals surface area contributed by atoms with Crippen molar-refractivity contribution in [1.29, 1.82) is 5.26 Å². The van der Waals surface area contributed by atoms with Crippen LogP contribution in [0.2, 0.25) is 0 Å². The lowest BCUT2D eigenvalue weighted by molar-refractivity contribution is -0.140. The van der Waals surface area contributed by atoms with E-state index in [1.54, 1.807) is 36.6 Å². The lowest BCUT2D eigenvalue weighted by Gasteiger charge is -2.38. The van der Waals surface area contributed by atoms with Gasteiger partial charge in [0.2, 0.25) is 0 Å². The zero-order chi connectivity index (χ0) is 26.6. The van der Waals surface area contributed by atoms with Gasteiger partial charge in [0.15, 0.2) is 6.79 Å². The fraction of sp³-hybridized carbons (Fsp3) is 0.217. The highest BCUT2D eigenvalue weighted by Gasteiger charge is 2.45. The van der Waals surface area contributed by atoms with Crippen LogP contribution in [0.25, 0.3) is 11.3 Å². The molecule has 0 radical (unpaired) electrons. The van der Waals surface area contributed by atoms with Crippen LogP contribution < -0.4 is 0 Å². The van der Waals surface area contributed by atoms with Gasteiger partial charge in [-0.05, 0) is 18.2 Å². The van der Waals surface area contributed by atoms with Crippen molar-refractivity contribution < 1.29 is 32.4 Å². The standard InChI is InChI=1S/C23H20F2N5O5PS/c1-15(22-29-21(10-37-22)17-4-2-16(9-26)3-5-17)23(11-30-13-27-12-28-30,34-14-35-36(31,32)33)19-7-6-18(24)8-20(19)25/h2-8,10,12-13,15H,11,14H2,1H3,(H2,31,32,33)/t15?,23-/m1/s1. The van der Waals surface area contributed by atoms with Crippen molar-refractivity contribution in [3.63, 3.8) is 0 Å². The van der Waals surface area contributed by atoms with Crippen molar-refractivity contribution in [1.82, 2.24) is 19.7 Å². The summed E-state index contributed by atoms with van der Waals surface area (Å²) in [4.78, 5) is 26.9. The summed E-state index contributed by atoms with van der Waals surface area (Å²) in [6.07, 6.45) is 2.62. The molecule has 2 aromatic carbocycles. The van der Waals surface area contributed by atoms with Gasteiger partial charge >= 0.3 is 7.82 Å². The largest absolute Gasteiger partial charge is 0.471 e. The normalized spacial score (nSPS) is 14.2. The Morgan fingerprint density at radius 2 is 2.00 bits per heavy atom. The zero-order valence-corrected chi connectivity index (χ0v) is 20.9. The molecule has 0 aliphatic rings. The molecular weight excluding hydrogens is 527 g/mol. The van der Waals surface area contributed by atoms with E-state index < -0.39 is 37.8 Å². The molecule has 0 aliphatic heterocycles. The van der Waals surface area contributed by atoms with E-state index in [9.17, 15) is 18.7 Å². The molecule has 0 saturated heterocycles. The maximum atomic E-state index is 15.2. The number of phosphoric ester groups is 1. The third kappa shape index (κ3) is 6.14. The fourth-order valence-electron chi connectivity index (χ4n) is 3.83. The summed E-state index contributed by atoms with van der Waals surface area (Å²) >= 11 is 1.25. The molecule has 14 heteroatoms. The highest BCUT2D eigenvalue weighted by atomic mass is 32.1. The summed E-state index contributed by atoms with van der Waals surface area (Å²) in [6.45, 7) is 0.611. The number of ether oxygens (including phenoxy) is 1. The Morgan fingerprint density at radius 1 is 1.24 bits per heavy atom. The molecule has 0 fully saturated rings. The number of benzene rings is 2. The number of halogens is 2. The van der Waals surface area contributed by atoms with E-state index in [0.717, 1.165) is 11.6 Å². The quantitative estimate of drug-likeness (QED) is 0.219. The predicted molar refractivity (Wildman–Crippen MR) is 128 cm³/mol. The first-order chi connectivity index (χ1) is 17.6. The van der Waals surface area contributed by atoms with Crippen LogP contribution in [0, 0.1) is 23.0 Å². The lowest BCUT2D eigenvalue weighted by Crippen LogP contribution is -2.41. The van der Waals surface area contributed by atoms with Gasteiger partial charge in [0.25, 0.3) is 0 Å². The molecular formula is C23H20F2N5O5PS. The number of hydrogen-bond acceptors (Lipinski definition) is 8. The van der Waals surface area contributed by atoms with Crippen LogP contribution in [0.4, 0.5) is 8.78 Å². The van der Waals surface area contributed by atoms with Gasteiger partial charge in [-0.25, -0.2) is 28.0 Å². The minimum atomic E-state index is -4.93. The Morgan fingerprint density at radius 3 is 2.62 bits per heavy atom. The Kier molecular flexibility index (Phi) is 7.89. The Balaban J connectivity index is 1.80. The number of hydrogen-bond donors (Lipinski definition) is 2. The van der Waals surface area contributed by atoms with E-state index in [-0.39, 0.29) is 12.1 Å². The smallest absolute Gasteiger partial charge is 0.341 e. The van der Waals surface area contributed by atoms with E-state index in [2.05, 4.69) is 25.7 Å². The third-order valence-corrected chi connectivity index (χ3v) is 7.16. The van der Waals surface area contributed by atoms with Gasteiger partial charge in [-0.3, -0.25) is 4.52 Å². The molecule has 4 rings (SSSR count). The minimum absolute atomic E-state index is 0.0960. The van der Waals surface area contributed by atoms with Gasteiger partial charge < -0.3 is 14.5 Å². The Labute approximate surface area is 214 Å². The third-order valence-electron chi connectivity index (χ3n) is 5.69. The maximum absolute atomic E-state index is 15.2. The molecule has 10 nitrogen and oxygen atoms in total. The van der Waals surface area contributed by atoms with Gasteiger partial charge in [-0.1, -0.05) is 25.1 Å². The van der Waals surface area contributed by atoms with Crippen LogP contribution in [0.1, 0.15) is 29.0 Å². The summed E-state index contributed by atoms with van der Waals surface area (Å²) in [6, 6.07) is 11.8. The summed E-state index contributed by atoms with van der Waals surface area (Å²) in [5, 5.41) is 15.4. The number of rotatable bonds is 10. The number of nitriles is 1. The van der Waals surface area contributed by atoms with Crippen molar-refractivity contribution in [2.75, 3.05) is 6.79 Å². The van der Waals surface area contributed by atoms with E-state index >= 15 is 4.39 Å². The number of phosphoric acid groups is 1. The molecule has 0 amide bonds. The van der Waals surface area contributed by atoms with Gasteiger partial charge in [-0.15, -0.1) is 11.3 Å². The highest BCUT2D eigenvalue weighted by Crippen LogP contribution is 2.45. The second-order valence-electron chi connectivity index (χ2n) is 7.97. The molecule has 2 heterocycles. The van der Waals surface area contributed by atoms with Gasteiger partial charge in [-0.2, -0.15) is 10.4 Å². The number of nitrogens with zero attached hydrogens (tertiary/aromatic N) is 5. The lowest BCUT2D eigenvalue weighted by atomic mass is 9.81. The molecule has 2 N–H and O–H groups in total. The molecule has 2 aromatic heterocycles. The van der Waals surface area contributed by atoms with Crippen molar-refractivity contribution in [2.45, 2.75) is 25.0 Å². The fourth-order valence-corrected chi connectivity index (χ4v) is 4.98. The summed E-state index contributed by atoms with van der Waals surface area (Å²) in [5.41, 5.74) is 0.0257. The first kappa shape index (κ1) is 26.7. The molecule has 1 unspecified atom stereocenters. The van der Waals surface area contributed by atoms with Gasteiger partial charge in [0.05, 0.1) is 28.9 Å². The Hall–Kier alpha value is -3.37. The summed E-state index contributed by atoms with van der Waals surface area (Å²) in [7, 11) is -4.93. The molecule has 0 aliphatic carbocycles. The minimum Gasteiger partial charge on any atom is -0.341 e. The van der Waals surface area contributed by atoms with Crippen LogP contribution in [0.5, 0.6) is 0 Å². The van der Waals surface area contributed by atoms with Crippen molar-refractivity contribution in [2.24, 2.45) is 0 Å². The van der Waals surface area contributed by atoms with Crippen molar-refractivity contribution in [3.8, 4) is 17.3 Å². The first-order valence-corrected chi connectivity index (χ1v) is 13.1. The van der Waals surface area contributed by atoms with Crippen LogP contribution >= 0.6 is 19.2 Å². The summed E-state index contributed by atoms with van der Waals surface area (Å²) in [5.74, 6) is -2.51. The first-order valence-electron chi connectivity index (χ1n) is 10.7. The second-order valence-corrected chi connectivity index (χ2v) is 10.1. The van der Waals surface area contributed by atoms with Gasteiger partial charge in [0.1, 0.15) is 29.9 Å². The van der Waals surface area contributed by atoms with Crippen LogP contribution in [0.3, 0.4) is 0 Å². The number of aromatic nitrogens is 4. The number of thiazole rings is 1. The van der Waals surface area contributed by atoms with E-state index in [4.69, 9.17) is 10.00 Å². The Bertz CT molecular complexity index is 1460. The van der Waals surface area contributed by atoms with Gasteiger partial charge in [0, 0.05) is 28.5 Å². The zero-order valence-electron chi connectivity index (χ0n) is 19.2. The molecule has 0 spiro atoms. The van der Waals surface area contributed by atoms with Crippen LogP contribution in [-0.2, 0) is 26.0 Å². The maximum Gasteiger partial charge on any atom is 0.471 e. The molecule has 192 valence electrons. The highest BCUT2D eigenvalue weighted by molar-refractivity contribution is 7.46. The topological polar surface area (TPSA) is 143 Å². The van der Waals surface area contributed by atoms with E-state index in [1.165, 1.54) is 34.7 Å². The van der Waals surface area contributed by atoms with Crippen molar-refractivity contribution >= 4 is 19.2 Å². The van der Waals surface area contributed by atoms with Crippen molar-refractivity contribution in [3.05, 3.63) is 88.3 Å². The van der Waals surface area contributed by atoms with E-state index in [0.29, 0.717) is 22.3 Å². The average molecular weight is 547 g/mol. The van der Waals surface area contributed by atoms with Crippen LogP contribution in [0.15, 0.2) is 60.5 Å². The molecule has 4 aromatic rings. The predicted octanol–water partition coefficient (Wildman–Crippen LogP) is 4.33. The molecule has 0 bridgehead atoms. The molecule has 37 heavy (non-hydrogen) atoms. The molecule has 2 atom stereocenters. The van der Waals surface area contributed by atoms with E-state index in [1.807, 2.05) is 0 Å². The second kappa shape index (κ2) is 10.9. The average Bonchev–Trinajstić information content (AvgIpc) is 3.55. The monoisotopic (exact) mass is 547 g/mol. The summed E-state index contributed by atoms with van der Waals surface area (Å²) < 4.78 is 52.2. The van der Waals surface area contributed by atoms with Crippen LogP contribution in [-0.4, -0.2) is 36.3 Å².